The quantitative estimate of drug-likeness (QED) is 0.918. The highest BCUT2D eigenvalue weighted by molar-refractivity contribution is 5.95. The molecule has 0 aliphatic rings. The van der Waals surface area contributed by atoms with E-state index >= 15 is 0 Å². The molecule has 2 aromatic rings. The highest BCUT2D eigenvalue weighted by atomic mass is 16.2. The SMILES string of the molecule is CNC(=O)c1ccc(CN(C)C(=O)c2ccc(N(C)C)cc2)cc1. The average Bonchev–Trinajstić information content (AvgIpc) is 2.61. The third-order valence-corrected chi connectivity index (χ3v) is 3.84. The lowest BCUT2D eigenvalue weighted by atomic mass is 10.1. The number of anilines is 1. The maximum atomic E-state index is 12.5. The minimum Gasteiger partial charge on any atom is -0.378 e. The number of hydrogen-bond donors (Lipinski definition) is 1. The van der Waals surface area contributed by atoms with Crippen molar-refractivity contribution in [2.24, 2.45) is 0 Å². The average molecular weight is 325 g/mol. The van der Waals surface area contributed by atoms with E-state index in [1.165, 1.54) is 0 Å². The number of rotatable bonds is 5. The van der Waals surface area contributed by atoms with E-state index in [9.17, 15) is 9.59 Å². The third kappa shape index (κ3) is 4.13. The van der Waals surface area contributed by atoms with Gasteiger partial charge in [-0.2, -0.15) is 0 Å². The molecular formula is C19H23N3O2. The van der Waals surface area contributed by atoms with E-state index in [1.54, 1.807) is 31.1 Å². The number of benzene rings is 2. The fourth-order valence-electron chi connectivity index (χ4n) is 2.37. The Bertz CT molecular complexity index is 706. The molecule has 0 spiro atoms. The van der Waals surface area contributed by atoms with Gasteiger partial charge in [-0.15, -0.1) is 0 Å². The van der Waals surface area contributed by atoms with Gasteiger partial charge in [-0.3, -0.25) is 9.59 Å². The second kappa shape index (κ2) is 7.64. The Morgan fingerprint density at radius 2 is 1.42 bits per heavy atom. The van der Waals surface area contributed by atoms with Gasteiger partial charge in [0.1, 0.15) is 0 Å². The van der Waals surface area contributed by atoms with Crippen LogP contribution in [0.15, 0.2) is 48.5 Å². The molecule has 0 fully saturated rings. The Kier molecular flexibility index (Phi) is 5.58. The second-order valence-corrected chi connectivity index (χ2v) is 5.88. The molecule has 5 heteroatoms. The highest BCUT2D eigenvalue weighted by Gasteiger charge is 2.12. The van der Waals surface area contributed by atoms with E-state index in [-0.39, 0.29) is 11.8 Å². The molecule has 2 rings (SSSR count). The standard InChI is InChI=1S/C19H23N3O2/c1-20-18(23)15-7-5-14(6-8-15)13-22(4)19(24)16-9-11-17(12-10-16)21(2)3/h5-12H,13H2,1-4H3,(H,20,23). The first-order valence-electron chi connectivity index (χ1n) is 7.76. The third-order valence-electron chi connectivity index (χ3n) is 3.84. The molecule has 0 radical (unpaired) electrons. The summed E-state index contributed by atoms with van der Waals surface area (Å²) >= 11 is 0. The van der Waals surface area contributed by atoms with Crippen molar-refractivity contribution in [2.45, 2.75) is 6.54 Å². The van der Waals surface area contributed by atoms with Gasteiger partial charge in [0.15, 0.2) is 0 Å². The van der Waals surface area contributed by atoms with Crippen molar-refractivity contribution in [3.8, 4) is 0 Å². The summed E-state index contributed by atoms with van der Waals surface area (Å²) < 4.78 is 0. The number of carbonyl (C=O) groups excluding carboxylic acids is 2. The van der Waals surface area contributed by atoms with Crippen LogP contribution in [0.4, 0.5) is 5.69 Å². The molecule has 24 heavy (non-hydrogen) atoms. The van der Waals surface area contributed by atoms with Gasteiger partial charge in [0.2, 0.25) is 0 Å². The summed E-state index contributed by atoms with van der Waals surface area (Å²) in [5, 5.41) is 2.59. The van der Waals surface area contributed by atoms with Crippen LogP contribution in [0.2, 0.25) is 0 Å². The van der Waals surface area contributed by atoms with E-state index in [0.717, 1.165) is 11.3 Å². The van der Waals surface area contributed by atoms with Crippen LogP contribution >= 0.6 is 0 Å². The van der Waals surface area contributed by atoms with Gasteiger partial charge in [0, 0.05) is 51.5 Å². The molecule has 5 nitrogen and oxygen atoms in total. The number of nitrogens with zero attached hydrogens (tertiary/aromatic N) is 2. The van der Waals surface area contributed by atoms with E-state index in [4.69, 9.17) is 0 Å². The van der Waals surface area contributed by atoms with Crippen molar-refractivity contribution in [1.82, 2.24) is 10.2 Å². The zero-order chi connectivity index (χ0) is 17.7. The minimum absolute atomic E-state index is 0.0318. The number of nitrogens with one attached hydrogen (secondary N) is 1. The molecule has 0 aromatic heterocycles. The molecule has 0 aliphatic heterocycles. The molecular weight excluding hydrogens is 302 g/mol. The molecule has 2 aromatic carbocycles. The molecule has 0 saturated heterocycles. The first-order chi connectivity index (χ1) is 11.4. The molecule has 0 unspecified atom stereocenters. The van der Waals surface area contributed by atoms with Gasteiger partial charge in [0.25, 0.3) is 11.8 Å². The molecule has 0 atom stereocenters. The first kappa shape index (κ1) is 17.5. The second-order valence-electron chi connectivity index (χ2n) is 5.88. The summed E-state index contributed by atoms with van der Waals surface area (Å²) in [5.74, 6) is -0.150. The van der Waals surface area contributed by atoms with Gasteiger partial charge >= 0.3 is 0 Å². The van der Waals surface area contributed by atoms with Crippen molar-refractivity contribution in [3.63, 3.8) is 0 Å². The lowest BCUT2D eigenvalue weighted by molar-refractivity contribution is 0.0784. The zero-order valence-corrected chi connectivity index (χ0v) is 14.5. The van der Waals surface area contributed by atoms with Crippen LogP contribution in [-0.2, 0) is 6.54 Å². The largest absolute Gasteiger partial charge is 0.378 e. The Balaban J connectivity index is 2.04. The summed E-state index contributed by atoms with van der Waals surface area (Å²) in [7, 11) is 7.30. The zero-order valence-electron chi connectivity index (χ0n) is 14.5. The summed E-state index contributed by atoms with van der Waals surface area (Å²) in [5.41, 5.74) is 3.29. The lowest BCUT2D eigenvalue weighted by Crippen LogP contribution is -2.26. The molecule has 2 amide bonds. The fraction of sp³-hybridized carbons (Fsp3) is 0.263. The predicted octanol–water partition coefficient (Wildman–Crippen LogP) is 2.38. The monoisotopic (exact) mass is 325 g/mol. The van der Waals surface area contributed by atoms with Gasteiger partial charge in [-0.1, -0.05) is 12.1 Å². The van der Waals surface area contributed by atoms with Crippen molar-refractivity contribution < 1.29 is 9.59 Å². The van der Waals surface area contributed by atoms with Crippen molar-refractivity contribution in [3.05, 3.63) is 65.2 Å². The number of carbonyl (C=O) groups is 2. The summed E-state index contributed by atoms with van der Waals surface area (Å²) in [6.45, 7) is 0.488. The van der Waals surface area contributed by atoms with Gasteiger partial charge in [-0.25, -0.2) is 0 Å². The normalized spacial score (nSPS) is 10.2. The van der Waals surface area contributed by atoms with Crippen molar-refractivity contribution in [1.29, 1.82) is 0 Å². The summed E-state index contributed by atoms with van der Waals surface area (Å²) in [6, 6.07) is 14.8. The van der Waals surface area contributed by atoms with Crippen LogP contribution in [0.1, 0.15) is 26.3 Å². The molecule has 126 valence electrons. The Morgan fingerprint density at radius 3 is 1.92 bits per heavy atom. The smallest absolute Gasteiger partial charge is 0.253 e. The van der Waals surface area contributed by atoms with Crippen molar-refractivity contribution >= 4 is 17.5 Å². The van der Waals surface area contributed by atoms with Crippen LogP contribution in [0, 0.1) is 0 Å². The van der Waals surface area contributed by atoms with Crippen LogP contribution in [0.25, 0.3) is 0 Å². The lowest BCUT2D eigenvalue weighted by Gasteiger charge is -2.18. The van der Waals surface area contributed by atoms with E-state index < -0.39 is 0 Å². The van der Waals surface area contributed by atoms with Crippen LogP contribution < -0.4 is 10.2 Å². The summed E-state index contributed by atoms with van der Waals surface area (Å²) in [6.07, 6.45) is 0. The van der Waals surface area contributed by atoms with Gasteiger partial charge in [0.05, 0.1) is 0 Å². The maximum absolute atomic E-state index is 12.5. The van der Waals surface area contributed by atoms with Crippen LogP contribution in [-0.4, -0.2) is 44.9 Å². The topological polar surface area (TPSA) is 52.7 Å². The molecule has 1 N–H and O–H groups in total. The van der Waals surface area contributed by atoms with Crippen molar-refractivity contribution in [2.75, 3.05) is 33.1 Å². The van der Waals surface area contributed by atoms with E-state index in [0.29, 0.717) is 17.7 Å². The Labute approximate surface area is 142 Å². The Morgan fingerprint density at radius 1 is 0.875 bits per heavy atom. The summed E-state index contributed by atoms with van der Waals surface area (Å²) in [4.78, 5) is 27.7. The van der Waals surface area contributed by atoms with Gasteiger partial charge in [-0.05, 0) is 42.0 Å². The van der Waals surface area contributed by atoms with Gasteiger partial charge < -0.3 is 15.1 Å². The fourth-order valence-corrected chi connectivity index (χ4v) is 2.37. The van der Waals surface area contributed by atoms with Crippen LogP contribution in [0.3, 0.4) is 0 Å². The van der Waals surface area contributed by atoms with Crippen LogP contribution in [0.5, 0.6) is 0 Å². The minimum atomic E-state index is -0.119. The highest BCUT2D eigenvalue weighted by Crippen LogP contribution is 2.15. The molecule has 0 saturated carbocycles. The maximum Gasteiger partial charge on any atom is 0.253 e. The van der Waals surface area contributed by atoms with E-state index in [2.05, 4.69) is 5.32 Å². The number of hydrogen-bond acceptors (Lipinski definition) is 3. The predicted molar refractivity (Wildman–Crippen MR) is 96.4 cm³/mol. The first-order valence-corrected chi connectivity index (χ1v) is 7.76. The van der Waals surface area contributed by atoms with E-state index in [1.807, 2.05) is 55.4 Å². The Hall–Kier alpha value is -2.82. The molecule has 0 aliphatic carbocycles. The number of amides is 2. The molecule has 0 heterocycles. The molecule has 0 bridgehead atoms.